The number of aliphatic hydroxyl groups excluding tert-OH is 1. The lowest BCUT2D eigenvalue weighted by molar-refractivity contribution is 0.0144. The highest BCUT2D eigenvalue weighted by Crippen LogP contribution is 2.33. The van der Waals surface area contributed by atoms with Gasteiger partial charge >= 0.3 is 6.09 Å². The molecule has 2 heterocycles. The number of nitrogens with zero attached hydrogens (tertiary/aromatic N) is 1. The Morgan fingerprint density at radius 2 is 2.18 bits per heavy atom. The summed E-state index contributed by atoms with van der Waals surface area (Å²) >= 11 is 0. The van der Waals surface area contributed by atoms with E-state index in [1.807, 2.05) is 20.8 Å². The van der Waals surface area contributed by atoms with E-state index in [2.05, 4.69) is 5.32 Å². The smallest absolute Gasteiger partial charge is 0.410 e. The molecule has 17 heavy (non-hydrogen) atoms. The van der Waals surface area contributed by atoms with Gasteiger partial charge in [-0.3, -0.25) is 0 Å². The number of carbonyl (C=O) groups is 1. The number of amides is 1. The highest BCUT2D eigenvalue weighted by molar-refractivity contribution is 5.69. The lowest BCUT2D eigenvalue weighted by atomic mass is 9.95. The number of hydrogen-bond acceptors (Lipinski definition) is 4. The molecule has 0 radical (unpaired) electrons. The maximum absolute atomic E-state index is 12.0. The monoisotopic (exact) mass is 242 g/mol. The molecule has 0 aliphatic carbocycles. The average molecular weight is 242 g/mol. The molecule has 0 unspecified atom stereocenters. The second-order valence-corrected chi connectivity index (χ2v) is 5.96. The number of carbonyl (C=O) groups excluding carboxylic acids is 1. The van der Waals surface area contributed by atoms with Gasteiger partial charge in [0.25, 0.3) is 0 Å². The zero-order valence-electron chi connectivity index (χ0n) is 10.8. The number of rotatable bonds is 1. The number of aliphatic hydroxyl groups is 1. The molecular weight excluding hydrogens is 220 g/mol. The molecule has 2 rings (SSSR count). The summed E-state index contributed by atoms with van der Waals surface area (Å²) in [6, 6.07) is -0.0927. The van der Waals surface area contributed by atoms with E-state index >= 15 is 0 Å². The van der Waals surface area contributed by atoms with Crippen LogP contribution in [0.15, 0.2) is 0 Å². The van der Waals surface area contributed by atoms with Crippen molar-refractivity contribution in [2.24, 2.45) is 11.8 Å². The van der Waals surface area contributed by atoms with Gasteiger partial charge in [0.2, 0.25) is 0 Å². The molecule has 5 nitrogen and oxygen atoms in total. The predicted molar refractivity (Wildman–Crippen MR) is 63.7 cm³/mol. The van der Waals surface area contributed by atoms with Crippen LogP contribution in [0.5, 0.6) is 0 Å². The molecule has 2 saturated heterocycles. The van der Waals surface area contributed by atoms with Crippen molar-refractivity contribution in [1.29, 1.82) is 0 Å². The second-order valence-electron chi connectivity index (χ2n) is 5.96. The maximum atomic E-state index is 12.0. The highest BCUT2D eigenvalue weighted by atomic mass is 16.6. The van der Waals surface area contributed by atoms with Crippen LogP contribution in [0.4, 0.5) is 4.79 Å². The maximum Gasteiger partial charge on any atom is 0.410 e. The second kappa shape index (κ2) is 4.46. The Balaban J connectivity index is 2.03. The van der Waals surface area contributed by atoms with Crippen molar-refractivity contribution in [1.82, 2.24) is 10.2 Å². The highest BCUT2D eigenvalue weighted by Gasteiger charge is 2.46. The van der Waals surface area contributed by atoms with Gasteiger partial charge in [0.1, 0.15) is 5.60 Å². The van der Waals surface area contributed by atoms with Crippen molar-refractivity contribution in [3.63, 3.8) is 0 Å². The third-order valence-corrected chi connectivity index (χ3v) is 3.53. The van der Waals surface area contributed by atoms with Crippen LogP contribution in [0.1, 0.15) is 20.8 Å². The molecule has 0 bridgehead atoms. The Hall–Kier alpha value is -0.810. The summed E-state index contributed by atoms with van der Waals surface area (Å²) in [5.41, 5.74) is -0.479. The topological polar surface area (TPSA) is 61.8 Å². The molecule has 2 fully saturated rings. The summed E-state index contributed by atoms with van der Waals surface area (Å²) in [6.07, 6.45) is -0.300. The fourth-order valence-electron chi connectivity index (χ4n) is 2.79. The van der Waals surface area contributed by atoms with E-state index in [0.29, 0.717) is 18.4 Å². The molecule has 98 valence electrons. The van der Waals surface area contributed by atoms with Crippen molar-refractivity contribution in [3.8, 4) is 0 Å². The Bertz CT molecular complexity index is 301. The van der Waals surface area contributed by atoms with Crippen molar-refractivity contribution in [2.45, 2.75) is 32.4 Å². The number of hydrogen-bond donors (Lipinski definition) is 2. The molecule has 0 spiro atoms. The van der Waals surface area contributed by atoms with Gasteiger partial charge in [0, 0.05) is 19.6 Å². The zero-order chi connectivity index (χ0) is 12.6. The Kier molecular flexibility index (Phi) is 3.32. The largest absolute Gasteiger partial charge is 0.444 e. The van der Waals surface area contributed by atoms with E-state index in [0.717, 1.165) is 13.1 Å². The fraction of sp³-hybridized carbons (Fsp3) is 0.917. The van der Waals surface area contributed by atoms with Crippen LogP contribution < -0.4 is 5.32 Å². The first-order valence-electron chi connectivity index (χ1n) is 6.23. The number of nitrogens with one attached hydrogen (secondary N) is 1. The molecule has 2 N–H and O–H groups in total. The van der Waals surface area contributed by atoms with Gasteiger partial charge in [-0.05, 0) is 32.6 Å². The van der Waals surface area contributed by atoms with Crippen LogP contribution in [0.2, 0.25) is 0 Å². The summed E-state index contributed by atoms with van der Waals surface area (Å²) in [6.45, 7) is 8.10. The zero-order valence-corrected chi connectivity index (χ0v) is 10.8. The third-order valence-electron chi connectivity index (χ3n) is 3.53. The van der Waals surface area contributed by atoms with Gasteiger partial charge in [-0.15, -0.1) is 0 Å². The van der Waals surface area contributed by atoms with Crippen LogP contribution >= 0.6 is 0 Å². The van der Waals surface area contributed by atoms with Crippen molar-refractivity contribution < 1.29 is 14.6 Å². The normalized spacial score (nSPS) is 32.7. The average Bonchev–Trinajstić information content (AvgIpc) is 2.72. The van der Waals surface area contributed by atoms with Crippen LogP contribution in [0.25, 0.3) is 0 Å². The first kappa shape index (κ1) is 12.6. The quantitative estimate of drug-likeness (QED) is 0.700. The van der Waals surface area contributed by atoms with Crippen molar-refractivity contribution >= 4 is 6.09 Å². The van der Waals surface area contributed by atoms with Crippen LogP contribution in [-0.4, -0.2) is 54.0 Å². The number of likely N-dealkylation sites (tertiary alicyclic amines) is 1. The Morgan fingerprint density at radius 1 is 1.47 bits per heavy atom. The lowest BCUT2D eigenvalue weighted by Gasteiger charge is -2.29. The summed E-state index contributed by atoms with van der Waals surface area (Å²) in [5, 5.41) is 12.8. The molecule has 2 aliphatic heterocycles. The van der Waals surface area contributed by atoms with Crippen molar-refractivity contribution in [2.75, 3.05) is 26.2 Å². The molecule has 0 saturated carbocycles. The van der Waals surface area contributed by atoms with E-state index in [1.54, 1.807) is 4.90 Å². The SMILES string of the molecule is CC(C)(C)OC(=O)N1C[C@@H]2CNC[C@H]2[C@@H]1CO. The minimum absolute atomic E-state index is 0.0160. The molecule has 0 aromatic carbocycles. The van der Waals surface area contributed by atoms with Crippen molar-refractivity contribution in [3.05, 3.63) is 0 Å². The summed E-state index contributed by atoms with van der Waals surface area (Å²) in [5.74, 6) is 0.826. The Labute approximate surface area is 102 Å². The lowest BCUT2D eigenvalue weighted by Crippen LogP contribution is -2.44. The van der Waals surface area contributed by atoms with E-state index in [-0.39, 0.29) is 18.7 Å². The molecule has 5 heteroatoms. The van der Waals surface area contributed by atoms with Gasteiger partial charge in [0.05, 0.1) is 12.6 Å². The van der Waals surface area contributed by atoms with Gasteiger partial charge in [-0.1, -0.05) is 0 Å². The first-order valence-corrected chi connectivity index (χ1v) is 6.23. The fourth-order valence-corrected chi connectivity index (χ4v) is 2.79. The Morgan fingerprint density at radius 3 is 2.76 bits per heavy atom. The molecule has 3 atom stereocenters. The first-order chi connectivity index (χ1) is 7.92. The van der Waals surface area contributed by atoms with E-state index in [4.69, 9.17) is 4.74 Å². The molecular formula is C12H22N2O3. The van der Waals surface area contributed by atoms with Gasteiger partial charge in [0.15, 0.2) is 0 Å². The predicted octanol–water partition coefficient (Wildman–Crippen LogP) is 0.434. The van der Waals surface area contributed by atoms with Crippen LogP contribution in [-0.2, 0) is 4.74 Å². The summed E-state index contributed by atoms with van der Waals surface area (Å²) in [7, 11) is 0. The molecule has 2 aliphatic rings. The van der Waals surface area contributed by atoms with Crippen LogP contribution in [0, 0.1) is 11.8 Å². The molecule has 1 amide bonds. The standard InChI is InChI=1S/C12H22N2O3/c1-12(2,3)17-11(16)14-6-8-4-13-5-9(8)10(14)7-15/h8-10,13,15H,4-7H2,1-3H3/t8-,9+,10-/m0/s1. The summed E-state index contributed by atoms with van der Waals surface area (Å²) in [4.78, 5) is 13.7. The van der Waals surface area contributed by atoms with E-state index < -0.39 is 5.60 Å². The van der Waals surface area contributed by atoms with Crippen LogP contribution in [0.3, 0.4) is 0 Å². The van der Waals surface area contributed by atoms with Gasteiger partial charge < -0.3 is 20.1 Å². The van der Waals surface area contributed by atoms with E-state index in [1.165, 1.54) is 0 Å². The summed E-state index contributed by atoms with van der Waals surface area (Å²) < 4.78 is 5.37. The number of fused-ring (bicyclic) bond motifs is 1. The minimum Gasteiger partial charge on any atom is -0.444 e. The molecule has 0 aromatic rings. The minimum atomic E-state index is -0.479. The number of ether oxygens (including phenoxy) is 1. The van der Waals surface area contributed by atoms with Gasteiger partial charge in [-0.25, -0.2) is 4.79 Å². The third kappa shape index (κ3) is 2.55. The van der Waals surface area contributed by atoms with E-state index in [9.17, 15) is 9.90 Å². The molecule has 0 aromatic heterocycles. The van der Waals surface area contributed by atoms with Gasteiger partial charge in [-0.2, -0.15) is 0 Å².